The zero-order chi connectivity index (χ0) is 17.9. The van der Waals surface area contributed by atoms with E-state index in [1.807, 2.05) is 30.2 Å². The summed E-state index contributed by atoms with van der Waals surface area (Å²) in [5.74, 6) is 1.55. The van der Waals surface area contributed by atoms with Gasteiger partial charge in [0.1, 0.15) is 0 Å². The van der Waals surface area contributed by atoms with Crippen molar-refractivity contribution in [3.05, 3.63) is 18.5 Å². The summed E-state index contributed by atoms with van der Waals surface area (Å²) in [5, 5.41) is 11.2. The van der Waals surface area contributed by atoms with E-state index in [0.29, 0.717) is 12.0 Å². The Kier molecular flexibility index (Phi) is 8.80. The topological polar surface area (TPSA) is 57.5 Å². The number of guanidine groups is 1. The summed E-state index contributed by atoms with van der Waals surface area (Å²) >= 11 is 0. The zero-order valence-corrected chi connectivity index (χ0v) is 16.2. The van der Waals surface area contributed by atoms with Gasteiger partial charge >= 0.3 is 0 Å². The van der Waals surface area contributed by atoms with Crippen molar-refractivity contribution in [1.29, 1.82) is 0 Å². The van der Waals surface area contributed by atoms with Gasteiger partial charge in [0, 0.05) is 45.1 Å². The highest BCUT2D eigenvalue weighted by Crippen LogP contribution is 2.17. The van der Waals surface area contributed by atoms with Gasteiger partial charge in [0.15, 0.2) is 5.96 Å². The summed E-state index contributed by atoms with van der Waals surface area (Å²) in [7, 11) is 1.85. The number of aryl methyl sites for hydroxylation is 1. The van der Waals surface area contributed by atoms with Crippen molar-refractivity contribution < 1.29 is 0 Å². The van der Waals surface area contributed by atoms with E-state index in [9.17, 15) is 0 Å². The normalized spacial score (nSPS) is 18.2. The third-order valence-electron chi connectivity index (χ3n) is 5.00. The molecule has 0 bridgehead atoms. The molecule has 1 fully saturated rings. The second-order valence-electron chi connectivity index (χ2n) is 7.26. The molecule has 1 aliphatic rings. The quantitative estimate of drug-likeness (QED) is 0.430. The Hall–Kier alpha value is -1.56. The van der Waals surface area contributed by atoms with Crippen LogP contribution < -0.4 is 10.6 Å². The molecule has 1 saturated heterocycles. The lowest BCUT2D eigenvalue weighted by atomic mass is 10.0. The van der Waals surface area contributed by atoms with Crippen LogP contribution in [0.25, 0.3) is 0 Å². The molecule has 1 atom stereocenters. The van der Waals surface area contributed by atoms with Gasteiger partial charge < -0.3 is 10.6 Å². The van der Waals surface area contributed by atoms with E-state index in [0.717, 1.165) is 32.0 Å². The van der Waals surface area contributed by atoms with E-state index >= 15 is 0 Å². The van der Waals surface area contributed by atoms with Gasteiger partial charge in [-0.1, -0.05) is 26.7 Å². The summed E-state index contributed by atoms with van der Waals surface area (Å²) in [6.45, 7) is 9.92. The fourth-order valence-corrected chi connectivity index (χ4v) is 3.52. The molecule has 2 rings (SSSR count). The number of nitrogens with zero attached hydrogens (tertiary/aromatic N) is 4. The summed E-state index contributed by atoms with van der Waals surface area (Å²) < 4.78 is 1.96. The van der Waals surface area contributed by atoms with E-state index in [-0.39, 0.29) is 0 Å². The molecule has 6 nitrogen and oxygen atoms in total. The van der Waals surface area contributed by atoms with Gasteiger partial charge in [-0.25, -0.2) is 0 Å². The van der Waals surface area contributed by atoms with Crippen molar-refractivity contribution in [2.45, 2.75) is 58.5 Å². The fourth-order valence-electron chi connectivity index (χ4n) is 3.52. The third kappa shape index (κ3) is 7.06. The van der Waals surface area contributed by atoms with E-state index < -0.39 is 0 Å². The monoisotopic (exact) mass is 348 g/mol. The van der Waals surface area contributed by atoms with Crippen molar-refractivity contribution in [3.8, 4) is 0 Å². The second kappa shape index (κ2) is 11.1. The molecule has 0 spiro atoms. The van der Waals surface area contributed by atoms with Crippen molar-refractivity contribution in [3.63, 3.8) is 0 Å². The fraction of sp³-hybridized carbons (Fsp3) is 0.789. The van der Waals surface area contributed by atoms with E-state index in [1.54, 1.807) is 0 Å². The minimum absolute atomic E-state index is 0.570. The molecule has 2 N–H and O–H groups in total. The van der Waals surface area contributed by atoms with Gasteiger partial charge in [-0.3, -0.25) is 14.6 Å². The molecule has 0 aromatic carbocycles. The van der Waals surface area contributed by atoms with Crippen LogP contribution >= 0.6 is 0 Å². The Balaban J connectivity index is 1.72. The number of aromatic nitrogens is 2. The van der Waals surface area contributed by atoms with Gasteiger partial charge in [-0.05, 0) is 44.3 Å². The third-order valence-corrected chi connectivity index (χ3v) is 5.00. The lowest BCUT2D eigenvalue weighted by Gasteiger charge is -2.34. The molecule has 0 saturated carbocycles. The maximum Gasteiger partial charge on any atom is 0.191 e. The van der Waals surface area contributed by atoms with Crippen molar-refractivity contribution >= 4 is 5.96 Å². The van der Waals surface area contributed by atoms with Gasteiger partial charge in [0.25, 0.3) is 0 Å². The number of nitrogens with one attached hydrogen (secondary N) is 2. The number of hydrogen-bond donors (Lipinski definition) is 2. The molecular weight excluding hydrogens is 312 g/mol. The Bertz CT molecular complexity index is 474. The average molecular weight is 349 g/mol. The summed E-state index contributed by atoms with van der Waals surface area (Å²) in [6, 6.07) is 2.53. The Morgan fingerprint density at radius 2 is 1.92 bits per heavy atom. The standard InChI is InChI=1S/C19H36N6/c1-17(2)18(24-12-6-4-5-7-13-24)16-22-19(20-3)21-10-8-14-25-15-9-11-23-25/h9,11,15,17-18H,4-8,10,12-14,16H2,1-3H3,(H2,20,21,22). The molecular formula is C19H36N6. The molecule has 6 heteroatoms. The highest BCUT2D eigenvalue weighted by molar-refractivity contribution is 5.79. The van der Waals surface area contributed by atoms with E-state index in [4.69, 9.17) is 0 Å². The summed E-state index contributed by atoms with van der Waals surface area (Å²) in [4.78, 5) is 7.05. The summed E-state index contributed by atoms with van der Waals surface area (Å²) in [5.41, 5.74) is 0. The van der Waals surface area contributed by atoms with Gasteiger partial charge in [-0.2, -0.15) is 5.10 Å². The van der Waals surface area contributed by atoms with Gasteiger partial charge in [0.2, 0.25) is 0 Å². The van der Waals surface area contributed by atoms with Crippen LogP contribution in [0.3, 0.4) is 0 Å². The van der Waals surface area contributed by atoms with Gasteiger partial charge in [0.05, 0.1) is 0 Å². The van der Waals surface area contributed by atoms with Crippen molar-refractivity contribution in [2.24, 2.45) is 10.9 Å². The number of rotatable bonds is 8. The largest absolute Gasteiger partial charge is 0.356 e. The van der Waals surface area contributed by atoms with E-state index in [1.165, 1.54) is 38.8 Å². The zero-order valence-electron chi connectivity index (χ0n) is 16.2. The maximum atomic E-state index is 4.37. The molecule has 25 heavy (non-hydrogen) atoms. The number of hydrogen-bond acceptors (Lipinski definition) is 3. The van der Waals surface area contributed by atoms with Crippen LogP contribution in [0.15, 0.2) is 23.5 Å². The Labute approximate surface area is 153 Å². The minimum atomic E-state index is 0.570. The maximum absolute atomic E-state index is 4.37. The van der Waals surface area contributed by atoms with Crippen molar-refractivity contribution in [1.82, 2.24) is 25.3 Å². The minimum Gasteiger partial charge on any atom is -0.356 e. The molecule has 1 aliphatic heterocycles. The van der Waals surface area contributed by atoms with Crippen LogP contribution in [0.1, 0.15) is 46.0 Å². The van der Waals surface area contributed by atoms with Gasteiger partial charge in [-0.15, -0.1) is 0 Å². The molecule has 2 heterocycles. The summed E-state index contributed by atoms with van der Waals surface area (Å²) in [6.07, 6.45) is 10.3. The highest BCUT2D eigenvalue weighted by atomic mass is 15.3. The second-order valence-corrected chi connectivity index (χ2v) is 7.26. The first kappa shape index (κ1) is 19.8. The van der Waals surface area contributed by atoms with Crippen LogP contribution in [0.2, 0.25) is 0 Å². The predicted octanol–water partition coefficient (Wildman–Crippen LogP) is 2.34. The molecule has 1 aromatic heterocycles. The molecule has 1 aromatic rings. The lowest BCUT2D eigenvalue weighted by molar-refractivity contribution is 0.161. The molecule has 0 amide bonds. The first-order chi connectivity index (χ1) is 12.2. The Morgan fingerprint density at radius 3 is 2.52 bits per heavy atom. The van der Waals surface area contributed by atoms with Crippen LogP contribution in [0.5, 0.6) is 0 Å². The van der Waals surface area contributed by atoms with Crippen molar-refractivity contribution in [2.75, 3.05) is 33.2 Å². The van der Waals surface area contributed by atoms with Crippen LogP contribution in [0.4, 0.5) is 0 Å². The molecule has 0 aliphatic carbocycles. The number of aliphatic imine (C=N–C) groups is 1. The molecule has 142 valence electrons. The highest BCUT2D eigenvalue weighted by Gasteiger charge is 2.22. The predicted molar refractivity (Wildman–Crippen MR) is 105 cm³/mol. The Morgan fingerprint density at radius 1 is 1.16 bits per heavy atom. The van der Waals surface area contributed by atoms with Crippen LogP contribution in [0, 0.1) is 5.92 Å². The SMILES string of the molecule is CN=C(NCCCn1cccn1)NCC(C(C)C)N1CCCCCC1. The first-order valence-corrected chi connectivity index (χ1v) is 9.86. The average Bonchev–Trinajstić information content (AvgIpc) is 2.98. The lowest BCUT2D eigenvalue weighted by Crippen LogP contribution is -2.49. The van der Waals surface area contributed by atoms with Crippen LogP contribution in [-0.2, 0) is 6.54 Å². The number of likely N-dealkylation sites (tertiary alicyclic amines) is 1. The molecule has 0 radical (unpaired) electrons. The first-order valence-electron chi connectivity index (χ1n) is 9.86. The molecule has 1 unspecified atom stereocenters. The van der Waals surface area contributed by atoms with E-state index in [2.05, 4.69) is 39.5 Å². The smallest absolute Gasteiger partial charge is 0.191 e. The van der Waals surface area contributed by atoms with Crippen LogP contribution in [-0.4, -0.2) is 59.9 Å².